The molecular weight excluding hydrogens is 204 g/mol. The molecule has 0 radical (unpaired) electrons. The van der Waals surface area contributed by atoms with Gasteiger partial charge in [-0.3, -0.25) is 9.80 Å². The zero-order valence-electron chi connectivity index (χ0n) is 10.3. The van der Waals surface area contributed by atoms with Crippen LogP contribution >= 0.6 is 11.8 Å². The molecule has 2 nitrogen and oxygen atoms in total. The fraction of sp³-hybridized carbons (Fsp3) is 1.00. The number of thioether (sulfide) groups is 1. The Morgan fingerprint density at radius 3 is 2.93 bits per heavy atom. The molecule has 0 aromatic carbocycles. The maximum absolute atomic E-state index is 2.70. The third-order valence-corrected chi connectivity index (χ3v) is 4.91. The maximum Gasteiger partial charge on any atom is 0.0224 e. The molecule has 88 valence electrons. The van der Waals surface area contributed by atoms with E-state index in [-0.39, 0.29) is 0 Å². The summed E-state index contributed by atoms with van der Waals surface area (Å²) in [5.74, 6) is 0. The summed E-state index contributed by atoms with van der Waals surface area (Å²) >= 11 is 1.99. The first-order chi connectivity index (χ1) is 7.20. The lowest BCUT2D eigenvalue weighted by Gasteiger charge is -2.43. The van der Waals surface area contributed by atoms with E-state index in [0.29, 0.717) is 0 Å². The van der Waals surface area contributed by atoms with Gasteiger partial charge in [-0.25, -0.2) is 0 Å². The molecule has 3 heteroatoms. The minimum Gasteiger partial charge on any atom is -0.298 e. The second-order valence-electron chi connectivity index (χ2n) is 5.14. The predicted octanol–water partition coefficient (Wildman–Crippen LogP) is 1.91. The van der Waals surface area contributed by atoms with Crippen molar-refractivity contribution in [3.63, 3.8) is 0 Å². The quantitative estimate of drug-likeness (QED) is 0.728. The number of rotatable bonds is 3. The smallest absolute Gasteiger partial charge is 0.0224 e. The molecule has 15 heavy (non-hydrogen) atoms. The molecule has 0 aliphatic carbocycles. The minimum atomic E-state index is 0.758. The normalized spacial score (nSPS) is 35.4. The average Bonchev–Trinajstić information content (AvgIpc) is 2.65. The second-order valence-corrected chi connectivity index (χ2v) is 6.42. The van der Waals surface area contributed by atoms with Gasteiger partial charge in [0, 0.05) is 37.0 Å². The van der Waals surface area contributed by atoms with Crippen molar-refractivity contribution in [2.24, 2.45) is 0 Å². The molecule has 2 saturated heterocycles. The van der Waals surface area contributed by atoms with Gasteiger partial charge in [-0.05, 0) is 32.6 Å². The number of hydrogen-bond acceptors (Lipinski definition) is 3. The van der Waals surface area contributed by atoms with Crippen molar-refractivity contribution in [1.29, 1.82) is 0 Å². The zero-order valence-corrected chi connectivity index (χ0v) is 11.1. The molecule has 0 saturated carbocycles. The van der Waals surface area contributed by atoms with E-state index in [1.165, 1.54) is 39.0 Å². The van der Waals surface area contributed by atoms with E-state index in [9.17, 15) is 0 Å². The predicted molar refractivity (Wildman–Crippen MR) is 68.6 cm³/mol. The summed E-state index contributed by atoms with van der Waals surface area (Å²) in [6, 6.07) is 1.63. The van der Waals surface area contributed by atoms with Crippen LogP contribution in [-0.2, 0) is 0 Å². The molecule has 0 N–H and O–H groups in total. The van der Waals surface area contributed by atoms with E-state index in [4.69, 9.17) is 0 Å². The number of nitrogens with zero attached hydrogens (tertiary/aromatic N) is 2. The summed E-state index contributed by atoms with van der Waals surface area (Å²) in [4.78, 5) is 5.40. The highest BCUT2D eigenvalue weighted by Crippen LogP contribution is 2.25. The molecule has 2 aliphatic rings. The van der Waals surface area contributed by atoms with E-state index in [1.807, 2.05) is 11.8 Å². The summed E-state index contributed by atoms with van der Waals surface area (Å²) in [6.07, 6.45) is 5.07. The van der Waals surface area contributed by atoms with Crippen LogP contribution in [0.2, 0.25) is 0 Å². The number of hydrogen-bond donors (Lipinski definition) is 0. The van der Waals surface area contributed by atoms with Crippen molar-refractivity contribution >= 4 is 11.8 Å². The van der Waals surface area contributed by atoms with Crippen molar-refractivity contribution < 1.29 is 0 Å². The molecule has 2 fully saturated rings. The Balaban J connectivity index is 1.89. The first-order valence-corrected chi connectivity index (χ1v) is 7.50. The van der Waals surface area contributed by atoms with E-state index < -0.39 is 0 Å². The van der Waals surface area contributed by atoms with Crippen LogP contribution in [0, 0.1) is 0 Å². The van der Waals surface area contributed by atoms with Gasteiger partial charge >= 0.3 is 0 Å². The highest BCUT2D eigenvalue weighted by Gasteiger charge is 2.34. The van der Waals surface area contributed by atoms with Crippen molar-refractivity contribution in [3.8, 4) is 0 Å². The highest BCUT2D eigenvalue weighted by molar-refractivity contribution is 7.99. The largest absolute Gasteiger partial charge is 0.298 e. The van der Waals surface area contributed by atoms with Gasteiger partial charge in [0.15, 0.2) is 0 Å². The minimum absolute atomic E-state index is 0.758. The molecule has 0 aromatic rings. The molecule has 0 bridgehead atoms. The molecule has 0 amide bonds. The zero-order chi connectivity index (χ0) is 10.8. The van der Waals surface area contributed by atoms with Gasteiger partial charge in [0.1, 0.15) is 0 Å². The molecule has 0 spiro atoms. The van der Waals surface area contributed by atoms with Crippen LogP contribution in [-0.4, -0.2) is 59.6 Å². The molecule has 2 rings (SSSR count). The summed E-state index contributed by atoms with van der Waals surface area (Å²) in [5.41, 5.74) is 0. The van der Waals surface area contributed by atoms with Crippen molar-refractivity contribution in [2.45, 2.75) is 44.0 Å². The Hall–Kier alpha value is 0.270. The van der Waals surface area contributed by atoms with Crippen LogP contribution < -0.4 is 0 Å². The molecular formula is C12H24N2S. The van der Waals surface area contributed by atoms with Crippen LogP contribution in [0.25, 0.3) is 0 Å². The first-order valence-electron chi connectivity index (χ1n) is 6.21. The molecule has 3 unspecified atom stereocenters. The lowest BCUT2D eigenvalue weighted by molar-refractivity contribution is 0.0608. The fourth-order valence-electron chi connectivity index (χ4n) is 2.91. The lowest BCUT2D eigenvalue weighted by atomic mass is 10.1. The van der Waals surface area contributed by atoms with Crippen LogP contribution in [0.3, 0.4) is 0 Å². The topological polar surface area (TPSA) is 6.48 Å². The van der Waals surface area contributed by atoms with Crippen LogP contribution in [0.1, 0.15) is 26.7 Å². The monoisotopic (exact) mass is 228 g/mol. The summed E-state index contributed by atoms with van der Waals surface area (Å²) in [6.45, 7) is 9.96. The average molecular weight is 228 g/mol. The van der Waals surface area contributed by atoms with Gasteiger partial charge < -0.3 is 0 Å². The standard InChI is InChI=1S/C12H24N2S/c1-10-7-13-6-4-5-12(13)9-14(10)8-11(2)15-3/h10-12H,4-9H2,1-3H3. The van der Waals surface area contributed by atoms with Gasteiger partial charge in [-0.1, -0.05) is 6.92 Å². The lowest BCUT2D eigenvalue weighted by Crippen LogP contribution is -2.55. The number of piperazine rings is 1. The summed E-state index contributed by atoms with van der Waals surface area (Å²) < 4.78 is 0. The Bertz CT molecular complexity index is 210. The molecule has 3 atom stereocenters. The van der Waals surface area contributed by atoms with E-state index >= 15 is 0 Å². The third kappa shape index (κ3) is 2.69. The van der Waals surface area contributed by atoms with Gasteiger partial charge in [-0.2, -0.15) is 11.8 Å². The fourth-order valence-corrected chi connectivity index (χ4v) is 3.25. The Kier molecular flexibility index (Phi) is 3.97. The van der Waals surface area contributed by atoms with Crippen molar-refractivity contribution in [3.05, 3.63) is 0 Å². The Morgan fingerprint density at radius 2 is 2.20 bits per heavy atom. The molecule has 2 heterocycles. The summed E-state index contributed by atoms with van der Waals surface area (Å²) in [5, 5.41) is 0.778. The third-order valence-electron chi connectivity index (χ3n) is 3.96. The highest BCUT2D eigenvalue weighted by atomic mass is 32.2. The van der Waals surface area contributed by atoms with Gasteiger partial charge in [0.2, 0.25) is 0 Å². The van der Waals surface area contributed by atoms with E-state index in [0.717, 1.165) is 17.3 Å². The van der Waals surface area contributed by atoms with Crippen LogP contribution in [0.4, 0.5) is 0 Å². The maximum atomic E-state index is 2.70. The van der Waals surface area contributed by atoms with Gasteiger partial charge in [-0.15, -0.1) is 0 Å². The first kappa shape index (κ1) is 11.7. The van der Waals surface area contributed by atoms with E-state index in [1.54, 1.807) is 0 Å². The van der Waals surface area contributed by atoms with Gasteiger partial charge in [0.05, 0.1) is 0 Å². The SMILES string of the molecule is CSC(C)CN1CC2CCCN2CC1C. The van der Waals surface area contributed by atoms with Crippen molar-refractivity contribution in [2.75, 3.05) is 32.4 Å². The van der Waals surface area contributed by atoms with Crippen LogP contribution in [0.15, 0.2) is 0 Å². The Labute approximate surface area is 98.4 Å². The van der Waals surface area contributed by atoms with Gasteiger partial charge in [0.25, 0.3) is 0 Å². The number of fused-ring (bicyclic) bond motifs is 1. The molecule has 0 aromatic heterocycles. The second kappa shape index (κ2) is 5.07. The molecule has 2 aliphatic heterocycles. The Morgan fingerprint density at radius 1 is 1.40 bits per heavy atom. The van der Waals surface area contributed by atoms with Crippen LogP contribution in [0.5, 0.6) is 0 Å². The summed E-state index contributed by atoms with van der Waals surface area (Å²) in [7, 11) is 0. The van der Waals surface area contributed by atoms with E-state index in [2.05, 4.69) is 29.9 Å². The van der Waals surface area contributed by atoms with Crippen molar-refractivity contribution in [1.82, 2.24) is 9.80 Å².